The molecule has 0 aliphatic carbocycles. The van der Waals surface area contributed by atoms with Crippen LogP contribution >= 0.6 is 0 Å². The van der Waals surface area contributed by atoms with E-state index in [4.69, 9.17) is 9.47 Å². The van der Waals surface area contributed by atoms with Gasteiger partial charge in [0, 0.05) is 6.42 Å². The van der Waals surface area contributed by atoms with Crippen molar-refractivity contribution in [2.45, 2.75) is 26.7 Å². The summed E-state index contributed by atoms with van der Waals surface area (Å²) < 4.78 is 10.4. The fraction of sp³-hybridized carbons (Fsp3) is 0.300. The molecule has 0 aromatic heterocycles. The third-order valence-electron chi connectivity index (χ3n) is 3.75. The number of carbonyl (C=O) groups is 2. The number of carbonyl (C=O) groups excluding carboxylic acids is 2. The molecule has 0 heterocycles. The summed E-state index contributed by atoms with van der Waals surface area (Å²) in [5.41, 5.74) is 2.79. The van der Waals surface area contributed by atoms with Crippen LogP contribution in [0.4, 0.5) is 5.69 Å². The van der Waals surface area contributed by atoms with Crippen molar-refractivity contribution < 1.29 is 19.1 Å². The second kappa shape index (κ2) is 8.87. The summed E-state index contributed by atoms with van der Waals surface area (Å²) >= 11 is 0. The Hall–Kier alpha value is -2.82. The van der Waals surface area contributed by atoms with Gasteiger partial charge in [0.05, 0.1) is 25.0 Å². The topological polar surface area (TPSA) is 64.6 Å². The van der Waals surface area contributed by atoms with Crippen LogP contribution < -0.4 is 10.1 Å². The first-order valence-electron chi connectivity index (χ1n) is 8.18. The van der Waals surface area contributed by atoms with Crippen molar-refractivity contribution in [3.8, 4) is 5.75 Å². The van der Waals surface area contributed by atoms with Crippen molar-refractivity contribution in [3.05, 3.63) is 59.2 Å². The summed E-state index contributed by atoms with van der Waals surface area (Å²) in [7, 11) is 1.32. The molecular formula is C20H23NO4. The number of hydrogen-bond donors (Lipinski definition) is 1. The molecule has 0 saturated carbocycles. The van der Waals surface area contributed by atoms with Crippen LogP contribution in [0.3, 0.4) is 0 Å². The van der Waals surface area contributed by atoms with Crippen molar-refractivity contribution in [1.82, 2.24) is 0 Å². The van der Waals surface area contributed by atoms with Gasteiger partial charge in [-0.2, -0.15) is 0 Å². The Morgan fingerprint density at radius 3 is 2.56 bits per heavy atom. The SMILES string of the molecule is COC(=O)c1cccc(C)c1NC(=O)CCCOc1cccc(C)c1. The van der Waals surface area contributed by atoms with Crippen LogP contribution in [0.1, 0.15) is 34.3 Å². The number of nitrogens with one attached hydrogen (secondary N) is 1. The van der Waals surface area contributed by atoms with Gasteiger partial charge in [0.1, 0.15) is 5.75 Å². The molecule has 0 atom stereocenters. The van der Waals surface area contributed by atoms with E-state index in [0.717, 1.165) is 16.9 Å². The first-order chi connectivity index (χ1) is 12.0. The molecule has 2 aromatic carbocycles. The smallest absolute Gasteiger partial charge is 0.339 e. The minimum Gasteiger partial charge on any atom is -0.494 e. The Kier molecular flexibility index (Phi) is 6.57. The maximum Gasteiger partial charge on any atom is 0.339 e. The van der Waals surface area contributed by atoms with E-state index in [1.807, 2.05) is 44.2 Å². The number of esters is 1. The lowest BCUT2D eigenvalue weighted by atomic mass is 10.1. The van der Waals surface area contributed by atoms with Gasteiger partial charge in [-0.3, -0.25) is 4.79 Å². The number of benzene rings is 2. The average Bonchev–Trinajstić information content (AvgIpc) is 2.60. The summed E-state index contributed by atoms with van der Waals surface area (Å²) in [6.07, 6.45) is 0.889. The number of anilines is 1. The number of hydrogen-bond acceptors (Lipinski definition) is 4. The number of rotatable bonds is 7. The van der Waals surface area contributed by atoms with Crippen LogP contribution in [0, 0.1) is 13.8 Å². The molecule has 5 heteroatoms. The Morgan fingerprint density at radius 1 is 1.08 bits per heavy atom. The fourth-order valence-electron chi connectivity index (χ4n) is 2.44. The molecule has 2 aromatic rings. The van der Waals surface area contributed by atoms with Gasteiger partial charge in [0.2, 0.25) is 5.91 Å². The van der Waals surface area contributed by atoms with Gasteiger partial charge in [-0.15, -0.1) is 0 Å². The van der Waals surface area contributed by atoms with Crippen LogP contribution in [0.2, 0.25) is 0 Å². The number of amides is 1. The van der Waals surface area contributed by atoms with E-state index in [1.165, 1.54) is 7.11 Å². The van der Waals surface area contributed by atoms with Crippen molar-refractivity contribution >= 4 is 17.6 Å². The predicted molar refractivity (Wildman–Crippen MR) is 97.1 cm³/mol. The van der Waals surface area contributed by atoms with E-state index >= 15 is 0 Å². The van der Waals surface area contributed by atoms with Crippen molar-refractivity contribution in [3.63, 3.8) is 0 Å². The molecule has 1 amide bonds. The van der Waals surface area contributed by atoms with Crippen LogP contribution in [-0.2, 0) is 9.53 Å². The first-order valence-corrected chi connectivity index (χ1v) is 8.18. The maximum absolute atomic E-state index is 12.2. The quantitative estimate of drug-likeness (QED) is 0.613. The first kappa shape index (κ1) is 18.5. The van der Waals surface area contributed by atoms with E-state index in [2.05, 4.69) is 5.32 Å². The minimum absolute atomic E-state index is 0.160. The molecule has 2 rings (SSSR count). The molecule has 0 fully saturated rings. The molecule has 0 bridgehead atoms. The van der Waals surface area contributed by atoms with Gasteiger partial charge in [-0.1, -0.05) is 24.3 Å². The van der Waals surface area contributed by atoms with Gasteiger partial charge < -0.3 is 14.8 Å². The lowest BCUT2D eigenvalue weighted by molar-refractivity contribution is -0.116. The van der Waals surface area contributed by atoms with Gasteiger partial charge in [-0.05, 0) is 49.6 Å². The summed E-state index contributed by atoms with van der Waals surface area (Å²) in [6, 6.07) is 13.0. The second-order valence-corrected chi connectivity index (χ2v) is 5.81. The monoisotopic (exact) mass is 341 g/mol. The van der Waals surface area contributed by atoms with Crippen molar-refractivity contribution in [1.29, 1.82) is 0 Å². The van der Waals surface area contributed by atoms with Crippen LogP contribution in [0.5, 0.6) is 5.75 Å². The van der Waals surface area contributed by atoms with E-state index in [1.54, 1.807) is 12.1 Å². The molecule has 0 saturated heterocycles. The number of ether oxygens (including phenoxy) is 2. The normalized spacial score (nSPS) is 10.2. The van der Waals surface area contributed by atoms with E-state index < -0.39 is 5.97 Å². The Labute approximate surface area is 148 Å². The maximum atomic E-state index is 12.2. The average molecular weight is 341 g/mol. The fourth-order valence-corrected chi connectivity index (χ4v) is 2.44. The Bertz CT molecular complexity index is 755. The van der Waals surface area contributed by atoms with Crippen molar-refractivity contribution in [2.24, 2.45) is 0 Å². The molecule has 0 spiro atoms. The highest BCUT2D eigenvalue weighted by Crippen LogP contribution is 2.22. The summed E-state index contributed by atoms with van der Waals surface area (Å²) in [4.78, 5) is 24.0. The lowest BCUT2D eigenvalue weighted by Gasteiger charge is -2.13. The molecule has 0 aliphatic rings. The Morgan fingerprint density at radius 2 is 1.84 bits per heavy atom. The number of aryl methyl sites for hydroxylation is 2. The van der Waals surface area contributed by atoms with Crippen LogP contribution in [0.15, 0.2) is 42.5 Å². The van der Waals surface area contributed by atoms with Gasteiger partial charge in [0.25, 0.3) is 0 Å². The largest absolute Gasteiger partial charge is 0.494 e. The lowest BCUT2D eigenvalue weighted by Crippen LogP contribution is -2.17. The Balaban J connectivity index is 1.87. The minimum atomic E-state index is -0.471. The molecule has 25 heavy (non-hydrogen) atoms. The molecule has 0 radical (unpaired) electrons. The summed E-state index contributed by atoms with van der Waals surface area (Å²) in [6.45, 7) is 4.29. The van der Waals surface area contributed by atoms with E-state index in [0.29, 0.717) is 30.7 Å². The third-order valence-corrected chi connectivity index (χ3v) is 3.75. The highest BCUT2D eigenvalue weighted by molar-refractivity contribution is 6.02. The van der Waals surface area contributed by atoms with E-state index in [9.17, 15) is 9.59 Å². The molecule has 132 valence electrons. The van der Waals surface area contributed by atoms with Crippen LogP contribution in [-0.4, -0.2) is 25.6 Å². The zero-order chi connectivity index (χ0) is 18.2. The van der Waals surface area contributed by atoms with Gasteiger partial charge in [0.15, 0.2) is 0 Å². The zero-order valence-electron chi connectivity index (χ0n) is 14.8. The van der Waals surface area contributed by atoms with E-state index in [-0.39, 0.29) is 5.91 Å². The highest BCUT2D eigenvalue weighted by atomic mass is 16.5. The summed E-state index contributed by atoms with van der Waals surface area (Å²) in [5, 5.41) is 2.81. The molecular weight excluding hydrogens is 318 g/mol. The molecule has 1 N–H and O–H groups in total. The van der Waals surface area contributed by atoms with Crippen molar-refractivity contribution in [2.75, 3.05) is 19.0 Å². The number of methoxy groups -OCH3 is 1. The number of para-hydroxylation sites is 1. The zero-order valence-corrected chi connectivity index (χ0v) is 14.8. The molecule has 0 unspecified atom stereocenters. The third kappa shape index (κ3) is 5.35. The van der Waals surface area contributed by atoms with Gasteiger partial charge in [-0.25, -0.2) is 4.79 Å². The summed E-state index contributed by atoms with van der Waals surface area (Å²) in [5.74, 6) is 0.168. The molecule has 0 aliphatic heterocycles. The molecule has 5 nitrogen and oxygen atoms in total. The van der Waals surface area contributed by atoms with Crippen LogP contribution in [0.25, 0.3) is 0 Å². The standard InChI is InChI=1S/C20H23NO4/c1-14-7-4-9-16(13-14)25-12-6-11-18(22)21-19-15(2)8-5-10-17(19)20(23)24-3/h4-5,7-10,13H,6,11-12H2,1-3H3,(H,21,22). The second-order valence-electron chi connectivity index (χ2n) is 5.81. The van der Waals surface area contributed by atoms with Gasteiger partial charge >= 0.3 is 5.97 Å². The predicted octanol–water partition coefficient (Wildman–Crippen LogP) is 3.89. The highest BCUT2D eigenvalue weighted by Gasteiger charge is 2.15.